The Morgan fingerprint density at radius 1 is 1.04 bits per heavy atom. The zero-order valence-corrected chi connectivity index (χ0v) is 15.9. The van der Waals surface area contributed by atoms with Gasteiger partial charge < -0.3 is 15.4 Å². The van der Waals surface area contributed by atoms with E-state index in [-0.39, 0.29) is 0 Å². The molecule has 2 N–H and O–H groups in total. The third-order valence-corrected chi connectivity index (χ3v) is 3.68. The van der Waals surface area contributed by atoms with Gasteiger partial charge in [-0.25, -0.2) is 4.79 Å². The molecule has 1 amide bonds. The smallest absolute Gasteiger partial charge is 0.407 e. The van der Waals surface area contributed by atoms with Gasteiger partial charge >= 0.3 is 6.09 Å². The average Bonchev–Trinajstić information content (AvgIpc) is 2.42. The van der Waals surface area contributed by atoms with Crippen molar-refractivity contribution in [3.8, 4) is 0 Å². The van der Waals surface area contributed by atoms with Crippen LogP contribution < -0.4 is 10.6 Å². The number of carbonyl (C=O) groups is 1. The van der Waals surface area contributed by atoms with E-state index >= 15 is 0 Å². The van der Waals surface area contributed by atoms with Crippen molar-refractivity contribution in [2.24, 2.45) is 0 Å². The Bertz CT molecular complexity index is 484. The molecule has 9 heteroatoms. The molecule has 0 spiro atoms. The third kappa shape index (κ3) is 8.85. The van der Waals surface area contributed by atoms with Gasteiger partial charge in [-0.15, -0.1) is 0 Å². The Kier molecular flexibility index (Phi) is 8.46. The van der Waals surface area contributed by atoms with E-state index in [0.29, 0.717) is 29.4 Å². The van der Waals surface area contributed by atoms with Gasteiger partial charge in [-0.1, -0.05) is 37.4 Å². The van der Waals surface area contributed by atoms with Crippen molar-refractivity contribution < 1.29 is 9.53 Å². The Hall–Kier alpha value is -1.22. The molecule has 130 valence electrons. The second-order valence-electron chi connectivity index (χ2n) is 5.45. The molecule has 0 fully saturated rings. The minimum atomic E-state index is -0.496. The molecule has 0 saturated carbocycles. The Labute approximate surface area is 146 Å². The van der Waals surface area contributed by atoms with Crippen LogP contribution in [-0.2, 0) is 4.74 Å². The van der Waals surface area contributed by atoms with Crippen molar-refractivity contribution in [1.82, 2.24) is 20.3 Å². The standard InChI is InChI=1S/C14H25N5O2S2/c1-6-22-11-17-10(18-12(19-11)23-7-2)15-8-9-16-13(20)21-14(3,4)5/h6-9H2,1-5H3,(H,16,20)(H,15,17,18,19). The number of nitrogens with zero attached hydrogens (tertiary/aromatic N) is 3. The van der Waals surface area contributed by atoms with Crippen molar-refractivity contribution in [3.63, 3.8) is 0 Å². The van der Waals surface area contributed by atoms with Gasteiger partial charge in [0.1, 0.15) is 5.60 Å². The van der Waals surface area contributed by atoms with E-state index in [1.54, 1.807) is 23.5 Å². The number of hydrogen-bond acceptors (Lipinski definition) is 8. The maximum absolute atomic E-state index is 11.5. The molecule has 1 heterocycles. The average molecular weight is 360 g/mol. The van der Waals surface area contributed by atoms with Crippen molar-refractivity contribution in [2.45, 2.75) is 50.5 Å². The fraction of sp³-hybridized carbons (Fsp3) is 0.714. The number of ether oxygens (including phenoxy) is 1. The second-order valence-corrected chi connectivity index (χ2v) is 7.91. The first-order chi connectivity index (χ1) is 10.8. The summed E-state index contributed by atoms with van der Waals surface area (Å²) in [5, 5.41) is 7.20. The van der Waals surface area contributed by atoms with Gasteiger partial charge in [0, 0.05) is 13.1 Å². The molecule has 0 aromatic carbocycles. The maximum Gasteiger partial charge on any atom is 0.407 e. The van der Waals surface area contributed by atoms with E-state index in [1.807, 2.05) is 20.8 Å². The van der Waals surface area contributed by atoms with Crippen LogP contribution in [0.1, 0.15) is 34.6 Å². The number of hydrogen-bond donors (Lipinski definition) is 2. The molecule has 0 unspecified atom stereocenters. The van der Waals surface area contributed by atoms with Crippen LogP contribution in [-0.4, -0.2) is 51.2 Å². The summed E-state index contributed by atoms with van der Waals surface area (Å²) in [5.41, 5.74) is -0.496. The molecule has 1 rings (SSSR count). The van der Waals surface area contributed by atoms with E-state index in [2.05, 4.69) is 39.4 Å². The molecule has 0 aliphatic carbocycles. The number of carbonyl (C=O) groups excluding carboxylic acids is 1. The molecule has 0 bridgehead atoms. The van der Waals surface area contributed by atoms with Crippen LogP contribution in [0.3, 0.4) is 0 Å². The number of nitrogens with one attached hydrogen (secondary N) is 2. The van der Waals surface area contributed by atoms with E-state index in [4.69, 9.17) is 4.74 Å². The fourth-order valence-electron chi connectivity index (χ4n) is 1.46. The summed E-state index contributed by atoms with van der Waals surface area (Å²) in [4.78, 5) is 24.6. The number of thioether (sulfide) groups is 2. The zero-order chi connectivity index (χ0) is 17.3. The number of aromatic nitrogens is 3. The van der Waals surface area contributed by atoms with Crippen molar-refractivity contribution in [2.75, 3.05) is 29.9 Å². The highest BCUT2D eigenvalue weighted by Gasteiger charge is 2.15. The minimum Gasteiger partial charge on any atom is -0.444 e. The molecule has 0 saturated heterocycles. The van der Waals surface area contributed by atoms with E-state index in [0.717, 1.165) is 11.5 Å². The second kappa shape index (κ2) is 9.82. The molecular formula is C14H25N5O2S2. The van der Waals surface area contributed by atoms with Crippen LogP contribution in [0.2, 0.25) is 0 Å². The summed E-state index contributed by atoms with van der Waals surface area (Å²) in [6.07, 6.45) is -0.431. The molecular weight excluding hydrogens is 334 g/mol. The lowest BCUT2D eigenvalue weighted by Crippen LogP contribution is -2.35. The summed E-state index contributed by atoms with van der Waals surface area (Å²) in [6.45, 7) is 10.5. The van der Waals surface area contributed by atoms with Gasteiger partial charge in [0.25, 0.3) is 0 Å². The summed E-state index contributed by atoms with van der Waals surface area (Å²) >= 11 is 3.15. The molecule has 0 atom stereocenters. The van der Waals surface area contributed by atoms with Crippen LogP contribution in [0.4, 0.5) is 10.7 Å². The molecule has 0 aliphatic rings. The van der Waals surface area contributed by atoms with Gasteiger partial charge in [0.2, 0.25) is 5.95 Å². The van der Waals surface area contributed by atoms with Crippen LogP contribution in [0, 0.1) is 0 Å². The summed E-state index contributed by atoms with van der Waals surface area (Å²) in [7, 11) is 0. The predicted octanol–water partition coefficient (Wildman–Crippen LogP) is 3.03. The minimum absolute atomic E-state index is 0.424. The number of amides is 1. The monoisotopic (exact) mass is 359 g/mol. The quantitative estimate of drug-likeness (QED) is 0.541. The van der Waals surface area contributed by atoms with Gasteiger partial charge in [-0.2, -0.15) is 15.0 Å². The molecule has 0 radical (unpaired) electrons. The molecule has 1 aromatic heterocycles. The Balaban J connectivity index is 2.48. The van der Waals surface area contributed by atoms with Crippen LogP contribution in [0.5, 0.6) is 0 Å². The molecule has 1 aromatic rings. The van der Waals surface area contributed by atoms with Gasteiger partial charge in [-0.05, 0) is 32.3 Å². The highest BCUT2D eigenvalue weighted by molar-refractivity contribution is 7.99. The predicted molar refractivity (Wildman–Crippen MR) is 95.3 cm³/mol. The van der Waals surface area contributed by atoms with Crippen LogP contribution >= 0.6 is 23.5 Å². The maximum atomic E-state index is 11.5. The van der Waals surface area contributed by atoms with Crippen LogP contribution in [0.15, 0.2) is 10.3 Å². The van der Waals surface area contributed by atoms with E-state index in [9.17, 15) is 4.79 Å². The Morgan fingerprint density at radius 2 is 1.61 bits per heavy atom. The lowest BCUT2D eigenvalue weighted by atomic mass is 10.2. The lowest BCUT2D eigenvalue weighted by Gasteiger charge is -2.19. The molecule has 7 nitrogen and oxygen atoms in total. The first-order valence-corrected chi connectivity index (χ1v) is 9.53. The van der Waals surface area contributed by atoms with E-state index < -0.39 is 11.7 Å². The third-order valence-electron chi connectivity index (χ3n) is 2.22. The summed E-state index contributed by atoms with van der Waals surface area (Å²) in [5.74, 6) is 2.33. The SMILES string of the molecule is CCSc1nc(NCCNC(=O)OC(C)(C)C)nc(SCC)n1. The number of anilines is 1. The van der Waals surface area contributed by atoms with E-state index in [1.165, 1.54) is 0 Å². The largest absolute Gasteiger partial charge is 0.444 e. The van der Waals surface area contributed by atoms with Gasteiger partial charge in [0.15, 0.2) is 10.3 Å². The fourth-order valence-corrected chi connectivity index (χ4v) is 2.64. The lowest BCUT2D eigenvalue weighted by molar-refractivity contribution is 0.0530. The Morgan fingerprint density at radius 3 is 2.09 bits per heavy atom. The van der Waals surface area contributed by atoms with Crippen molar-refractivity contribution in [3.05, 3.63) is 0 Å². The normalized spacial score (nSPS) is 11.2. The highest BCUT2D eigenvalue weighted by atomic mass is 32.2. The topological polar surface area (TPSA) is 89.0 Å². The first-order valence-electron chi connectivity index (χ1n) is 7.56. The summed E-state index contributed by atoms with van der Waals surface area (Å²) in [6, 6.07) is 0. The molecule has 23 heavy (non-hydrogen) atoms. The number of rotatable bonds is 8. The van der Waals surface area contributed by atoms with Crippen molar-refractivity contribution in [1.29, 1.82) is 0 Å². The van der Waals surface area contributed by atoms with Gasteiger partial charge in [-0.3, -0.25) is 0 Å². The van der Waals surface area contributed by atoms with Gasteiger partial charge in [0.05, 0.1) is 0 Å². The molecule has 0 aliphatic heterocycles. The number of alkyl carbamates (subject to hydrolysis) is 1. The summed E-state index contributed by atoms with van der Waals surface area (Å²) < 4.78 is 5.17. The van der Waals surface area contributed by atoms with Crippen molar-refractivity contribution >= 4 is 35.6 Å². The highest BCUT2D eigenvalue weighted by Crippen LogP contribution is 2.19. The first kappa shape index (κ1) is 19.8. The zero-order valence-electron chi connectivity index (χ0n) is 14.3. The van der Waals surface area contributed by atoms with Crippen LogP contribution in [0.25, 0.3) is 0 Å².